The quantitative estimate of drug-likeness (QED) is 0.739. The number of halogens is 2. The van der Waals surface area contributed by atoms with Crippen molar-refractivity contribution < 1.29 is 18.7 Å². The van der Waals surface area contributed by atoms with E-state index in [-0.39, 0.29) is 12.1 Å². The van der Waals surface area contributed by atoms with Gasteiger partial charge < -0.3 is 10.8 Å². The van der Waals surface area contributed by atoms with E-state index < -0.39 is 23.6 Å². The maximum Gasteiger partial charge on any atom is 0.320 e. The fourth-order valence-corrected chi connectivity index (χ4v) is 0.889. The van der Waals surface area contributed by atoms with E-state index >= 15 is 0 Å². The lowest BCUT2D eigenvalue weighted by molar-refractivity contribution is -0.138. The van der Waals surface area contributed by atoms with Crippen LogP contribution in [0.5, 0.6) is 0 Å². The van der Waals surface area contributed by atoms with E-state index in [1.807, 2.05) is 0 Å². The number of aromatic nitrogens is 1. The molecule has 6 heteroatoms. The first-order chi connectivity index (χ1) is 6.50. The van der Waals surface area contributed by atoms with Crippen LogP contribution in [0.1, 0.15) is 5.69 Å². The van der Waals surface area contributed by atoms with Crippen LogP contribution in [0.15, 0.2) is 12.3 Å². The summed E-state index contributed by atoms with van der Waals surface area (Å²) < 4.78 is 25.3. The Morgan fingerprint density at radius 1 is 1.64 bits per heavy atom. The Morgan fingerprint density at radius 3 is 2.79 bits per heavy atom. The fraction of sp³-hybridized carbons (Fsp3) is 0.250. The van der Waals surface area contributed by atoms with Crippen LogP contribution in [0.2, 0.25) is 0 Å². The van der Waals surface area contributed by atoms with Gasteiger partial charge in [-0.25, -0.2) is 8.78 Å². The Balaban J connectivity index is 2.82. The van der Waals surface area contributed by atoms with E-state index in [4.69, 9.17) is 10.8 Å². The second kappa shape index (κ2) is 4.10. The van der Waals surface area contributed by atoms with Gasteiger partial charge in [0.15, 0.2) is 0 Å². The molecule has 0 unspecified atom stereocenters. The van der Waals surface area contributed by atoms with E-state index in [1.54, 1.807) is 0 Å². The Bertz CT molecular complexity index is 357. The predicted molar refractivity (Wildman–Crippen MR) is 43.5 cm³/mol. The third-order valence-corrected chi connectivity index (χ3v) is 1.61. The number of nitrogens with zero attached hydrogens (tertiary/aromatic N) is 1. The first-order valence-electron chi connectivity index (χ1n) is 3.79. The van der Waals surface area contributed by atoms with Crippen molar-refractivity contribution in [3.63, 3.8) is 0 Å². The van der Waals surface area contributed by atoms with Crippen molar-refractivity contribution in [2.75, 3.05) is 0 Å². The lowest BCUT2D eigenvalue weighted by atomic mass is 10.1. The van der Waals surface area contributed by atoms with Gasteiger partial charge in [0.2, 0.25) is 0 Å². The minimum atomic E-state index is -1.25. The number of rotatable bonds is 3. The summed E-state index contributed by atoms with van der Waals surface area (Å²) in [5.74, 6) is -2.95. The SMILES string of the molecule is N[C@@H](Cc1ncc(F)cc1F)C(=O)O. The Labute approximate surface area is 78.4 Å². The molecule has 0 aliphatic rings. The maximum atomic E-state index is 12.9. The first-order valence-corrected chi connectivity index (χ1v) is 3.79. The van der Waals surface area contributed by atoms with Crippen molar-refractivity contribution in [3.8, 4) is 0 Å². The highest BCUT2D eigenvalue weighted by Crippen LogP contribution is 2.07. The molecule has 0 amide bonds. The molecule has 3 N–H and O–H groups in total. The van der Waals surface area contributed by atoms with Crippen molar-refractivity contribution in [1.82, 2.24) is 4.98 Å². The zero-order chi connectivity index (χ0) is 10.7. The van der Waals surface area contributed by atoms with Crippen molar-refractivity contribution in [1.29, 1.82) is 0 Å². The monoisotopic (exact) mass is 202 g/mol. The molecule has 0 fully saturated rings. The molecule has 0 saturated heterocycles. The van der Waals surface area contributed by atoms with Crippen LogP contribution in [0, 0.1) is 11.6 Å². The molecular weight excluding hydrogens is 194 g/mol. The second-order valence-corrected chi connectivity index (χ2v) is 2.73. The molecular formula is C8H8F2N2O2. The minimum absolute atomic E-state index is 0.152. The summed E-state index contributed by atoms with van der Waals surface area (Å²) in [6.45, 7) is 0. The second-order valence-electron chi connectivity index (χ2n) is 2.73. The van der Waals surface area contributed by atoms with Gasteiger partial charge in [0.1, 0.15) is 17.7 Å². The highest BCUT2D eigenvalue weighted by Gasteiger charge is 2.15. The number of carboxylic acids is 1. The highest BCUT2D eigenvalue weighted by molar-refractivity contribution is 5.73. The molecule has 0 bridgehead atoms. The molecule has 14 heavy (non-hydrogen) atoms. The van der Waals surface area contributed by atoms with Gasteiger partial charge in [0.05, 0.1) is 11.9 Å². The highest BCUT2D eigenvalue weighted by atomic mass is 19.1. The Hall–Kier alpha value is -1.56. The molecule has 0 spiro atoms. The number of aliphatic carboxylic acids is 1. The topological polar surface area (TPSA) is 76.2 Å². The van der Waals surface area contributed by atoms with Crippen molar-refractivity contribution in [3.05, 3.63) is 29.6 Å². The number of carboxylic acid groups (broad SMARTS) is 1. The fourth-order valence-electron chi connectivity index (χ4n) is 0.889. The average molecular weight is 202 g/mol. The number of nitrogens with two attached hydrogens (primary N) is 1. The summed E-state index contributed by atoms with van der Waals surface area (Å²) >= 11 is 0. The first kappa shape index (κ1) is 10.5. The number of pyridine rings is 1. The molecule has 1 aromatic rings. The molecule has 4 nitrogen and oxygen atoms in total. The van der Waals surface area contributed by atoms with Crippen LogP contribution in [0.25, 0.3) is 0 Å². The molecule has 0 radical (unpaired) electrons. The van der Waals surface area contributed by atoms with Crippen LogP contribution in [0.3, 0.4) is 0 Å². The van der Waals surface area contributed by atoms with E-state index in [0.29, 0.717) is 6.07 Å². The number of hydrogen-bond donors (Lipinski definition) is 2. The molecule has 1 heterocycles. The van der Waals surface area contributed by atoms with Gasteiger partial charge in [-0.05, 0) is 0 Å². The Kier molecular flexibility index (Phi) is 3.08. The number of hydrogen-bond acceptors (Lipinski definition) is 3. The van der Waals surface area contributed by atoms with Crippen molar-refractivity contribution >= 4 is 5.97 Å². The summed E-state index contributed by atoms with van der Waals surface area (Å²) in [6, 6.07) is -0.598. The lowest BCUT2D eigenvalue weighted by Gasteiger charge is -2.05. The smallest absolute Gasteiger partial charge is 0.320 e. The Morgan fingerprint density at radius 2 is 2.29 bits per heavy atom. The zero-order valence-electron chi connectivity index (χ0n) is 7.08. The van der Waals surface area contributed by atoms with E-state index in [1.165, 1.54) is 0 Å². The van der Waals surface area contributed by atoms with E-state index in [9.17, 15) is 13.6 Å². The molecule has 1 aromatic heterocycles. The molecule has 1 rings (SSSR count). The van der Waals surface area contributed by atoms with Crippen LogP contribution in [-0.2, 0) is 11.2 Å². The average Bonchev–Trinajstić information content (AvgIpc) is 2.09. The van der Waals surface area contributed by atoms with Crippen LogP contribution < -0.4 is 5.73 Å². The normalized spacial score (nSPS) is 12.5. The van der Waals surface area contributed by atoms with Crippen LogP contribution >= 0.6 is 0 Å². The summed E-state index contributed by atoms with van der Waals surface area (Å²) in [7, 11) is 0. The van der Waals surface area contributed by atoms with E-state index in [0.717, 1.165) is 6.20 Å². The van der Waals surface area contributed by atoms with Crippen LogP contribution in [0.4, 0.5) is 8.78 Å². The molecule has 0 aromatic carbocycles. The summed E-state index contributed by atoms with van der Waals surface area (Å²) in [4.78, 5) is 13.7. The molecule has 76 valence electrons. The summed E-state index contributed by atoms with van der Waals surface area (Å²) in [5, 5.41) is 8.44. The van der Waals surface area contributed by atoms with Gasteiger partial charge in [0.25, 0.3) is 0 Å². The summed E-state index contributed by atoms with van der Waals surface area (Å²) in [5.41, 5.74) is 5.00. The standard InChI is InChI=1S/C8H8F2N2O2/c9-4-1-5(10)7(12-3-4)2-6(11)8(13)14/h1,3,6H,2,11H2,(H,13,14)/t6-/m0/s1. The third-order valence-electron chi connectivity index (χ3n) is 1.61. The van der Waals surface area contributed by atoms with Gasteiger partial charge in [-0.2, -0.15) is 0 Å². The summed E-state index contributed by atoms with van der Waals surface area (Å²) in [6.07, 6.45) is 0.550. The van der Waals surface area contributed by atoms with Gasteiger partial charge in [-0.15, -0.1) is 0 Å². The van der Waals surface area contributed by atoms with Gasteiger partial charge >= 0.3 is 5.97 Å². The van der Waals surface area contributed by atoms with Gasteiger partial charge in [-0.3, -0.25) is 9.78 Å². The molecule has 0 aliphatic heterocycles. The minimum Gasteiger partial charge on any atom is -0.480 e. The number of carbonyl (C=O) groups is 1. The van der Waals surface area contributed by atoms with E-state index in [2.05, 4.69) is 4.98 Å². The van der Waals surface area contributed by atoms with Crippen molar-refractivity contribution in [2.45, 2.75) is 12.5 Å². The predicted octanol–water partition coefficient (Wildman–Crippen LogP) is 0.314. The molecule has 0 saturated carbocycles. The maximum absolute atomic E-state index is 12.9. The third kappa shape index (κ3) is 2.46. The van der Waals surface area contributed by atoms with Gasteiger partial charge in [-0.1, -0.05) is 0 Å². The largest absolute Gasteiger partial charge is 0.480 e. The lowest BCUT2D eigenvalue weighted by Crippen LogP contribution is -2.32. The van der Waals surface area contributed by atoms with Gasteiger partial charge in [0, 0.05) is 12.5 Å². The molecule has 0 aliphatic carbocycles. The van der Waals surface area contributed by atoms with Crippen molar-refractivity contribution in [2.24, 2.45) is 5.73 Å². The van der Waals surface area contributed by atoms with Crippen LogP contribution in [-0.4, -0.2) is 22.1 Å². The zero-order valence-corrected chi connectivity index (χ0v) is 7.08. The molecule has 1 atom stereocenters.